The predicted molar refractivity (Wildman–Crippen MR) is 103 cm³/mol. The van der Waals surface area contributed by atoms with Gasteiger partial charge in [0.2, 0.25) is 0 Å². The molecule has 1 amide bonds. The Balaban J connectivity index is 1.44. The van der Waals surface area contributed by atoms with Crippen molar-refractivity contribution in [2.75, 3.05) is 0 Å². The molecule has 3 nitrogen and oxygen atoms in total. The van der Waals surface area contributed by atoms with Crippen molar-refractivity contribution in [1.29, 1.82) is 0 Å². The number of rotatable bonds is 2. The van der Waals surface area contributed by atoms with E-state index < -0.39 is 0 Å². The smallest absolute Gasteiger partial charge is 0.255 e. The Morgan fingerprint density at radius 2 is 1.70 bits per heavy atom. The highest BCUT2D eigenvalue weighted by Gasteiger charge is 2.43. The molecule has 2 fully saturated rings. The first-order valence-electron chi connectivity index (χ1n) is 9.62. The molecule has 2 atom stereocenters. The summed E-state index contributed by atoms with van der Waals surface area (Å²) in [6.45, 7) is 0. The van der Waals surface area contributed by atoms with Crippen LogP contribution >= 0.6 is 0 Å². The van der Waals surface area contributed by atoms with Gasteiger partial charge in [-0.1, -0.05) is 24.3 Å². The van der Waals surface area contributed by atoms with Crippen LogP contribution in [0.3, 0.4) is 0 Å². The maximum Gasteiger partial charge on any atom is 0.255 e. The second-order valence-electron chi connectivity index (χ2n) is 7.69. The molecule has 0 N–H and O–H groups in total. The van der Waals surface area contributed by atoms with Crippen molar-refractivity contribution in [2.45, 2.75) is 43.7 Å². The summed E-state index contributed by atoms with van der Waals surface area (Å²) in [6, 6.07) is 17.0. The van der Waals surface area contributed by atoms with E-state index in [0.29, 0.717) is 5.92 Å². The van der Waals surface area contributed by atoms with Gasteiger partial charge < -0.3 is 4.90 Å². The highest BCUT2D eigenvalue weighted by Crippen LogP contribution is 2.44. The van der Waals surface area contributed by atoms with Crippen LogP contribution in [0.2, 0.25) is 0 Å². The maximum absolute atomic E-state index is 13.4. The number of fused-ring (bicyclic) bond motifs is 3. The number of pyridine rings is 1. The van der Waals surface area contributed by atoms with E-state index in [1.165, 1.54) is 17.7 Å². The monoisotopic (exact) mass is 360 g/mol. The van der Waals surface area contributed by atoms with Crippen LogP contribution in [0.4, 0.5) is 4.39 Å². The molecule has 2 aromatic carbocycles. The van der Waals surface area contributed by atoms with Gasteiger partial charge in [-0.2, -0.15) is 0 Å². The molecule has 5 rings (SSSR count). The first kappa shape index (κ1) is 16.4. The Labute approximate surface area is 157 Å². The summed E-state index contributed by atoms with van der Waals surface area (Å²) in [6.07, 6.45) is 5.77. The number of hydrogen-bond donors (Lipinski definition) is 0. The summed E-state index contributed by atoms with van der Waals surface area (Å²) in [5.41, 5.74) is 2.80. The first-order valence-corrected chi connectivity index (χ1v) is 9.62. The molecule has 1 aromatic heterocycles. The number of aromatic nitrogens is 1. The lowest BCUT2D eigenvalue weighted by Gasteiger charge is -2.39. The number of piperidine rings is 1. The topological polar surface area (TPSA) is 33.2 Å². The van der Waals surface area contributed by atoms with Gasteiger partial charge in [0.1, 0.15) is 5.82 Å². The maximum atomic E-state index is 13.4. The molecular formula is C23H21FN2O. The molecule has 136 valence electrons. The van der Waals surface area contributed by atoms with Gasteiger partial charge in [0.25, 0.3) is 5.91 Å². The standard InChI is InChI=1S/C23H21FN2O/c24-17-8-6-15(7-9-17)16-13-18-10-11-19(14-16)26(18)23(27)21-3-1-5-22-20(21)4-2-12-25-22/h1-9,12,16,18-19H,10-11,13-14H2. The molecule has 0 aliphatic carbocycles. The fourth-order valence-electron chi connectivity index (χ4n) is 4.94. The van der Waals surface area contributed by atoms with Gasteiger partial charge in [-0.25, -0.2) is 4.39 Å². The fraction of sp³-hybridized carbons (Fsp3) is 0.304. The molecule has 2 saturated heterocycles. The highest BCUT2D eigenvalue weighted by molar-refractivity contribution is 6.06. The summed E-state index contributed by atoms with van der Waals surface area (Å²) in [4.78, 5) is 19.9. The molecule has 0 saturated carbocycles. The van der Waals surface area contributed by atoms with Crippen molar-refractivity contribution in [3.05, 3.63) is 77.7 Å². The lowest BCUT2D eigenvalue weighted by Crippen LogP contribution is -2.46. The summed E-state index contributed by atoms with van der Waals surface area (Å²) >= 11 is 0. The molecule has 0 radical (unpaired) electrons. The Morgan fingerprint density at radius 3 is 2.44 bits per heavy atom. The Morgan fingerprint density at radius 1 is 0.963 bits per heavy atom. The van der Waals surface area contributed by atoms with E-state index in [4.69, 9.17) is 0 Å². The van der Waals surface area contributed by atoms with Crippen molar-refractivity contribution < 1.29 is 9.18 Å². The largest absolute Gasteiger partial charge is 0.333 e. The zero-order valence-electron chi connectivity index (χ0n) is 15.0. The number of amides is 1. The Kier molecular flexibility index (Phi) is 3.92. The van der Waals surface area contributed by atoms with Gasteiger partial charge in [-0.05, 0) is 67.5 Å². The lowest BCUT2D eigenvalue weighted by atomic mass is 9.84. The lowest BCUT2D eigenvalue weighted by molar-refractivity contribution is 0.0573. The molecule has 2 unspecified atom stereocenters. The third-order valence-corrected chi connectivity index (χ3v) is 6.19. The predicted octanol–water partition coefficient (Wildman–Crippen LogP) is 4.92. The van der Waals surface area contributed by atoms with Gasteiger partial charge in [-0.3, -0.25) is 9.78 Å². The SMILES string of the molecule is O=C(c1cccc2ncccc12)N1C2CCC1CC(c1ccc(F)cc1)C2. The molecule has 3 aromatic rings. The van der Waals surface area contributed by atoms with Crippen molar-refractivity contribution in [1.82, 2.24) is 9.88 Å². The quantitative estimate of drug-likeness (QED) is 0.649. The van der Waals surface area contributed by atoms with E-state index in [1.807, 2.05) is 42.5 Å². The number of halogens is 1. The molecule has 2 aliphatic heterocycles. The van der Waals surface area contributed by atoms with Crippen molar-refractivity contribution >= 4 is 16.8 Å². The van der Waals surface area contributed by atoms with Crippen LogP contribution in [0.5, 0.6) is 0 Å². The first-order chi connectivity index (χ1) is 13.2. The second kappa shape index (κ2) is 6.45. The molecule has 0 spiro atoms. The number of carbonyl (C=O) groups is 1. The van der Waals surface area contributed by atoms with Gasteiger partial charge >= 0.3 is 0 Å². The molecule has 2 bridgehead atoms. The second-order valence-corrected chi connectivity index (χ2v) is 7.69. The minimum absolute atomic E-state index is 0.124. The average molecular weight is 360 g/mol. The van der Waals surface area contributed by atoms with Crippen molar-refractivity contribution in [2.24, 2.45) is 0 Å². The normalized spacial score (nSPS) is 24.3. The van der Waals surface area contributed by atoms with Crippen LogP contribution < -0.4 is 0 Å². The van der Waals surface area contributed by atoms with Crippen LogP contribution in [-0.4, -0.2) is 27.9 Å². The van der Waals surface area contributed by atoms with Crippen LogP contribution in [0.15, 0.2) is 60.8 Å². The number of carbonyl (C=O) groups excluding carboxylic acids is 1. The third kappa shape index (κ3) is 2.80. The number of benzene rings is 2. The van der Waals surface area contributed by atoms with E-state index >= 15 is 0 Å². The van der Waals surface area contributed by atoms with E-state index in [-0.39, 0.29) is 23.8 Å². The van der Waals surface area contributed by atoms with E-state index in [0.717, 1.165) is 42.1 Å². The highest BCUT2D eigenvalue weighted by atomic mass is 19.1. The van der Waals surface area contributed by atoms with Gasteiger partial charge in [-0.15, -0.1) is 0 Å². The van der Waals surface area contributed by atoms with Crippen molar-refractivity contribution in [3.8, 4) is 0 Å². The fourth-order valence-corrected chi connectivity index (χ4v) is 4.94. The van der Waals surface area contributed by atoms with Crippen LogP contribution in [0.25, 0.3) is 10.9 Å². The average Bonchev–Trinajstić information content (AvgIpc) is 2.97. The number of hydrogen-bond acceptors (Lipinski definition) is 2. The Bertz CT molecular complexity index is 981. The summed E-state index contributed by atoms with van der Waals surface area (Å²) in [5.74, 6) is 0.332. The van der Waals surface area contributed by atoms with Crippen molar-refractivity contribution in [3.63, 3.8) is 0 Å². The van der Waals surface area contributed by atoms with Crippen LogP contribution in [0.1, 0.15) is 47.5 Å². The summed E-state index contributed by atoms with van der Waals surface area (Å²) in [5, 5.41) is 0.921. The molecule has 27 heavy (non-hydrogen) atoms. The molecular weight excluding hydrogens is 339 g/mol. The minimum atomic E-state index is -0.195. The van der Waals surface area contributed by atoms with E-state index in [9.17, 15) is 9.18 Å². The van der Waals surface area contributed by atoms with Gasteiger partial charge in [0, 0.05) is 29.2 Å². The van der Waals surface area contributed by atoms with Crippen LogP contribution in [-0.2, 0) is 0 Å². The van der Waals surface area contributed by atoms with Crippen LogP contribution in [0, 0.1) is 5.82 Å². The van der Waals surface area contributed by atoms with E-state index in [1.54, 1.807) is 6.20 Å². The number of nitrogens with zero attached hydrogens (tertiary/aromatic N) is 2. The molecule has 4 heteroatoms. The summed E-state index contributed by atoms with van der Waals surface area (Å²) < 4.78 is 13.2. The molecule has 2 aliphatic rings. The van der Waals surface area contributed by atoms with Gasteiger partial charge in [0.05, 0.1) is 5.52 Å². The zero-order valence-corrected chi connectivity index (χ0v) is 15.0. The third-order valence-electron chi connectivity index (χ3n) is 6.19. The van der Waals surface area contributed by atoms with Gasteiger partial charge in [0.15, 0.2) is 0 Å². The summed E-state index contributed by atoms with van der Waals surface area (Å²) in [7, 11) is 0. The zero-order chi connectivity index (χ0) is 18.4. The Hall–Kier alpha value is -2.75. The minimum Gasteiger partial charge on any atom is -0.333 e. The molecule has 3 heterocycles. The van der Waals surface area contributed by atoms with E-state index in [2.05, 4.69) is 9.88 Å².